The summed E-state index contributed by atoms with van der Waals surface area (Å²) < 4.78 is 22.8. The second-order valence-corrected chi connectivity index (χ2v) is 5.72. The third-order valence-corrected chi connectivity index (χ3v) is 4.34. The molecule has 0 bridgehead atoms. The highest BCUT2D eigenvalue weighted by Gasteiger charge is 2.11. The Hall–Kier alpha value is -0.480. The Morgan fingerprint density at radius 1 is 1.23 bits per heavy atom. The smallest absolute Gasteiger partial charge is 0.187 e. The first kappa shape index (κ1) is 10.6. The minimum absolute atomic E-state index is 0.143. The molecule has 0 aliphatic rings. The van der Waals surface area contributed by atoms with Crippen molar-refractivity contribution >= 4 is 22.5 Å². The van der Waals surface area contributed by atoms with Crippen LogP contribution in [0.3, 0.4) is 0 Å². The summed E-state index contributed by atoms with van der Waals surface area (Å²) in [5.41, 5.74) is 2.08. The van der Waals surface area contributed by atoms with E-state index >= 15 is 0 Å². The van der Waals surface area contributed by atoms with Gasteiger partial charge in [0.2, 0.25) is 0 Å². The van der Waals surface area contributed by atoms with E-state index in [1.807, 2.05) is 19.9 Å². The van der Waals surface area contributed by atoms with Crippen LogP contribution in [0.4, 0.5) is 0 Å². The lowest BCUT2D eigenvalue weighted by Gasteiger charge is -2.04. The molecule has 0 atom stereocenters. The lowest BCUT2D eigenvalue weighted by atomic mass is 10.1. The number of hydrogen-bond donors (Lipinski definition) is 1. The van der Waals surface area contributed by atoms with Gasteiger partial charge in [-0.05, 0) is 37.1 Å². The molecule has 0 amide bonds. The summed E-state index contributed by atoms with van der Waals surface area (Å²) in [6.07, 6.45) is 0. The van der Waals surface area contributed by atoms with E-state index in [2.05, 4.69) is 12.6 Å². The van der Waals surface area contributed by atoms with Crippen molar-refractivity contribution in [1.82, 2.24) is 0 Å². The molecule has 72 valence electrons. The molecule has 13 heavy (non-hydrogen) atoms. The first-order valence-corrected chi connectivity index (χ1v) is 6.17. The van der Waals surface area contributed by atoms with Crippen molar-refractivity contribution in [2.24, 2.45) is 0 Å². The van der Waals surface area contributed by atoms with E-state index in [4.69, 9.17) is 0 Å². The van der Waals surface area contributed by atoms with E-state index in [-0.39, 0.29) is 5.08 Å². The zero-order valence-electron chi connectivity index (χ0n) is 7.61. The zero-order valence-corrected chi connectivity index (χ0v) is 9.32. The van der Waals surface area contributed by atoms with E-state index in [0.717, 1.165) is 11.1 Å². The molecule has 4 heteroatoms. The third-order valence-electron chi connectivity index (χ3n) is 2.01. The van der Waals surface area contributed by atoms with E-state index in [1.165, 1.54) is 0 Å². The molecule has 0 saturated carbocycles. The van der Waals surface area contributed by atoms with Crippen LogP contribution in [-0.2, 0) is 9.84 Å². The molecule has 0 N–H and O–H groups in total. The van der Waals surface area contributed by atoms with Gasteiger partial charge in [0.25, 0.3) is 0 Å². The van der Waals surface area contributed by atoms with Gasteiger partial charge in [-0.2, -0.15) is 12.6 Å². The molecule has 1 rings (SSSR count). The quantitative estimate of drug-likeness (QED) is 0.767. The first-order valence-electron chi connectivity index (χ1n) is 3.88. The Kier molecular flexibility index (Phi) is 3.03. The van der Waals surface area contributed by atoms with Crippen molar-refractivity contribution in [3.63, 3.8) is 0 Å². The lowest BCUT2D eigenvalue weighted by Crippen LogP contribution is -2.02. The minimum Gasteiger partial charge on any atom is -0.223 e. The molecule has 0 fully saturated rings. The molecular formula is C9H12O2S2. The fourth-order valence-corrected chi connectivity index (χ4v) is 2.21. The molecule has 0 aliphatic carbocycles. The molecule has 0 spiro atoms. The van der Waals surface area contributed by atoms with Gasteiger partial charge in [-0.25, -0.2) is 8.42 Å². The first-order chi connectivity index (χ1) is 5.97. The summed E-state index contributed by atoms with van der Waals surface area (Å²) in [5.74, 6) is 0. The van der Waals surface area contributed by atoms with Crippen LogP contribution in [0, 0.1) is 13.8 Å². The molecule has 0 radical (unpaired) electrons. The fourth-order valence-electron chi connectivity index (χ4n) is 0.982. The van der Waals surface area contributed by atoms with Gasteiger partial charge in [-0.1, -0.05) is 6.07 Å². The summed E-state index contributed by atoms with van der Waals surface area (Å²) >= 11 is 3.78. The van der Waals surface area contributed by atoms with Crippen LogP contribution >= 0.6 is 12.6 Å². The monoisotopic (exact) mass is 216 g/mol. The fraction of sp³-hybridized carbons (Fsp3) is 0.333. The van der Waals surface area contributed by atoms with Crippen molar-refractivity contribution in [2.45, 2.75) is 18.7 Å². The number of aryl methyl sites for hydroxylation is 2. The van der Waals surface area contributed by atoms with Gasteiger partial charge < -0.3 is 0 Å². The second-order valence-electron chi connectivity index (χ2n) is 2.99. The van der Waals surface area contributed by atoms with Crippen LogP contribution in [0.1, 0.15) is 11.1 Å². The number of sulfone groups is 1. The van der Waals surface area contributed by atoms with Crippen LogP contribution in [0.5, 0.6) is 0 Å². The Balaban J connectivity index is 3.27. The molecule has 1 aromatic rings. The number of thiol groups is 1. The van der Waals surface area contributed by atoms with Crippen LogP contribution in [0.15, 0.2) is 23.1 Å². The summed E-state index contributed by atoms with van der Waals surface area (Å²) in [5, 5.41) is -0.143. The maximum atomic E-state index is 11.4. The van der Waals surface area contributed by atoms with Crippen LogP contribution < -0.4 is 0 Å². The van der Waals surface area contributed by atoms with Crippen LogP contribution in [0.2, 0.25) is 0 Å². The van der Waals surface area contributed by atoms with Gasteiger partial charge >= 0.3 is 0 Å². The molecule has 0 aromatic heterocycles. The molecular weight excluding hydrogens is 204 g/mol. The van der Waals surface area contributed by atoms with Gasteiger partial charge in [0.1, 0.15) is 0 Å². The van der Waals surface area contributed by atoms with Crippen molar-refractivity contribution in [3.05, 3.63) is 29.3 Å². The predicted octanol–water partition coefficient (Wildman–Crippen LogP) is 1.96. The minimum atomic E-state index is -3.17. The zero-order chi connectivity index (χ0) is 10.1. The van der Waals surface area contributed by atoms with Gasteiger partial charge in [-0.15, -0.1) is 0 Å². The van der Waals surface area contributed by atoms with Crippen molar-refractivity contribution in [2.75, 3.05) is 5.08 Å². The Labute approximate surface area is 84.3 Å². The standard InChI is InChI=1S/C9H12O2S2/c1-7-3-4-9(5-8(7)2)13(10,11)6-12/h3-5,12H,6H2,1-2H3. The molecule has 0 heterocycles. The SMILES string of the molecule is Cc1ccc(S(=O)(=O)CS)cc1C. The molecule has 1 aromatic carbocycles. The van der Waals surface area contributed by atoms with E-state index in [1.54, 1.807) is 12.1 Å². The average molecular weight is 216 g/mol. The van der Waals surface area contributed by atoms with Gasteiger partial charge in [0.05, 0.1) is 9.98 Å². The second kappa shape index (κ2) is 3.72. The van der Waals surface area contributed by atoms with Crippen LogP contribution in [0.25, 0.3) is 0 Å². The van der Waals surface area contributed by atoms with Crippen molar-refractivity contribution < 1.29 is 8.42 Å². The van der Waals surface area contributed by atoms with E-state index in [0.29, 0.717) is 4.90 Å². The average Bonchev–Trinajstić information content (AvgIpc) is 2.09. The summed E-state index contributed by atoms with van der Waals surface area (Å²) in [7, 11) is -3.17. The van der Waals surface area contributed by atoms with E-state index < -0.39 is 9.84 Å². The topological polar surface area (TPSA) is 34.1 Å². The summed E-state index contributed by atoms with van der Waals surface area (Å²) in [4.78, 5) is 0.352. The Morgan fingerprint density at radius 2 is 1.85 bits per heavy atom. The number of benzene rings is 1. The maximum Gasteiger partial charge on any atom is 0.187 e. The largest absolute Gasteiger partial charge is 0.223 e. The highest BCUT2D eigenvalue weighted by atomic mass is 32.2. The maximum absolute atomic E-state index is 11.4. The van der Waals surface area contributed by atoms with Crippen molar-refractivity contribution in [3.8, 4) is 0 Å². The van der Waals surface area contributed by atoms with Crippen LogP contribution in [-0.4, -0.2) is 13.5 Å². The molecule has 2 nitrogen and oxygen atoms in total. The normalized spacial score (nSPS) is 11.6. The highest BCUT2D eigenvalue weighted by Crippen LogP contribution is 2.16. The predicted molar refractivity (Wildman–Crippen MR) is 57.0 cm³/mol. The Morgan fingerprint density at radius 3 is 2.31 bits per heavy atom. The summed E-state index contributed by atoms with van der Waals surface area (Å²) in [6, 6.07) is 5.11. The molecule has 0 unspecified atom stereocenters. The van der Waals surface area contributed by atoms with Gasteiger partial charge in [0.15, 0.2) is 9.84 Å². The number of rotatable bonds is 2. The number of hydrogen-bond acceptors (Lipinski definition) is 3. The third kappa shape index (κ3) is 2.25. The Bertz CT molecular complexity index is 408. The molecule has 0 aliphatic heterocycles. The lowest BCUT2D eigenvalue weighted by molar-refractivity contribution is 0.601. The molecule has 0 saturated heterocycles. The van der Waals surface area contributed by atoms with E-state index in [9.17, 15) is 8.42 Å². The van der Waals surface area contributed by atoms with Crippen molar-refractivity contribution in [1.29, 1.82) is 0 Å². The summed E-state index contributed by atoms with van der Waals surface area (Å²) in [6.45, 7) is 3.85. The van der Waals surface area contributed by atoms with Gasteiger partial charge in [0, 0.05) is 0 Å². The van der Waals surface area contributed by atoms with Gasteiger partial charge in [-0.3, -0.25) is 0 Å². The highest BCUT2D eigenvalue weighted by molar-refractivity contribution is 8.03.